The summed E-state index contributed by atoms with van der Waals surface area (Å²) >= 11 is 0. The van der Waals surface area contributed by atoms with Crippen LogP contribution >= 0.6 is 0 Å². The first-order valence-electron chi connectivity index (χ1n) is 4.84. The van der Waals surface area contributed by atoms with Crippen LogP contribution in [0.3, 0.4) is 0 Å². The van der Waals surface area contributed by atoms with Gasteiger partial charge in [0.2, 0.25) is 5.91 Å². The molecular weight excluding hydrogens is 204 g/mol. The van der Waals surface area contributed by atoms with Crippen LogP contribution in [0.1, 0.15) is 11.1 Å². The van der Waals surface area contributed by atoms with Gasteiger partial charge >= 0.3 is 6.03 Å². The molecule has 4 nitrogen and oxygen atoms in total. The number of hydrogen-bond donors (Lipinski definition) is 1. The fourth-order valence-corrected chi connectivity index (χ4v) is 1.50. The molecule has 1 saturated heterocycles. The Hall–Kier alpha value is -2.28. The van der Waals surface area contributed by atoms with Gasteiger partial charge < -0.3 is 5.32 Å². The summed E-state index contributed by atoms with van der Waals surface area (Å²) < 4.78 is 0. The number of benzene rings is 1. The minimum atomic E-state index is -0.342. The van der Waals surface area contributed by atoms with Crippen molar-refractivity contribution in [1.82, 2.24) is 10.2 Å². The lowest BCUT2D eigenvalue weighted by Gasteiger charge is -2.11. The topological polar surface area (TPSA) is 49.4 Å². The minimum Gasteiger partial charge on any atom is -0.329 e. The van der Waals surface area contributed by atoms with Crippen molar-refractivity contribution < 1.29 is 9.59 Å². The van der Waals surface area contributed by atoms with Crippen LogP contribution < -0.4 is 5.32 Å². The van der Waals surface area contributed by atoms with Gasteiger partial charge in [-0.1, -0.05) is 18.1 Å². The highest BCUT2D eigenvalue weighted by molar-refractivity contribution is 6.01. The molecule has 16 heavy (non-hydrogen) atoms. The van der Waals surface area contributed by atoms with E-state index < -0.39 is 0 Å². The number of urea groups is 1. The summed E-state index contributed by atoms with van der Waals surface area (Å²) in [6.45, 7) is 0.372. The van der Waals surface area contributed by atoms with E-state index in [1.165, 1.54) is 4.90 Å². The normalized spacial score (nSPS) is 14.8. The second kappa shape index (κ2) is 4.07. The summed E-state index contributed by atoms with van der Waals surface area (Å²) in [5, 5.41) is 2.47. The van der Waals surface area contributed by atoms with Crippen LogP contribution in [0.2, 0.25) is 0 Å². The van der Waals surface area contributed by atoms with Gasteiger partial charge in [-0.05, 0) is 17.7 Å². The molecular formula is C12H10N2O2. The van der Waals surface area contributed by atoms with Crippen LogP contribution in [0.5, 0.6) is 0 Å². The highest BCUT2D eigenvalue weighted by atomic mass is 16.2. The monoisotopic (exact) mass is 214 g/mol. The fraction of sp³-hybridized carbons (Fsp3) is 0.167. The predicted molar refractivity (Wildman–Crippen MR) is 58.3 cm³/mol. The lowest BCUT2D eigenvalue weighted by Crippen LogP contribution is -2.30. The summed E-state index contributed by atoms with van der Waals surface area (Å²) in [5.74, 6) is 2.30. The minimum absolute atomic E-state index is 0.0846. The molecule has 0 saturated carbocycles. The number of carbonyl (C=O) groups is 2. The Morgan fingerprint density at radius 3 is 2.50 bits per heavy atom. The van der Waals surface area contributed by atoms with Gasteiger partial charge in [-0.15, -0.1) is 6.42 Å². The van der Waals surface area contributed by atoms with Crippen molar-refractivity contribution in [2.75, 3.05) is 6.54 Å². The van der Waals surface area contributed by atoms with Crippen LogP contribution in [0.4, 0.5) is 4.79 Å². The Labute approximate surface area is 93.2 Å². The molecule has 0 unspecified atom stereocenters. The summed E-state index contributed by atoms with van der Waals surface area (Å²) in [4.78, 5) is 23.8. The number of imide groups is 1. The van der Waals surface area contributed by atoms with Crippen molar-refractivity contribution in [2.45, 2.75) is 6.54 Å². The number of nitrogens with zero attached hydrogens (tertiary/aromatic N) is 1. The molecule has 1 fully saturated rings. The van der Waals surface area contributed by atoms with Crippen LogP contribution in [0.25, 0.3) is 0 Å². The lowest BCUT2D eigenvalue weighted by atomic mass is 10.1. The van der Waals surface area contributed by atoms with Crippen LogP contribution in [0.15, 0.2) is 24.3 Å². The molecule has 0 aliphatic carbocycles. The Morgan fingerprint density at radius 1 is 1.31 bits per heavy atom. The second-order valence-corrected chi connectivity index (χ2v) is 3.48. The third kappa shape index (κ3) is 1.89. The molecule has 1 aromatic carbocycles. The molecule has 0 spiro atoms. The smallest absolute Gasteiger partial charge is 0.324 e. The molecule has 4 heteroatoms. The molecule has 1 aliphatic rings. The highest BCUT2D eigenvalue weighted by Crippen LogP contribution is 2.09. The average molecular weight is 214 g/mol. The molecule has 0 bridgehead atoms. The third-order valence-electron chi connectivity index (χ3n) is 2.40. The number of rotatable bonds is 2. The third-order valence-corrected chi connectivity index (χ3v) is 2.40. The molecule has 1 heterocycles. The summed E-state index contributed by atoms with van der Waals surface area (Å²) in [5.41, 5.74) is 1.66. The van der Waals surface area contributed by atoms with E-state index in [-0.39, 0.29) is 25.0 Å². The lowest BCUT2D eigenvalue weighted by molar-refractivity contribution is -0.125. The van der Waals surface area contributed by atoms with Crippen LogP contribution in [-0.4, -0.2) is 23.4 Å². The first kappa shape index (κ1) is 10.2. The van der Waals surface area contributed by atoms with E-state index >= 15 is 0 Å². The molecule has 1 aromatic rings. The maximum absolute atomic E-state index is 11.3. The van der Waals surface area contributed by atoms with Crippen molar-refractivity contribution in [3.63, 3.8) is 0 Å². The van der Waals surface area contributed by atoms with Crippen LogP contribution in [-0.2, 0) is 11.3 Å². The van der Waals surface area contributed by atoms with Crippen molar-refractivity contribution in [3.8, 4) is 12.3 Å². The average Bonchev–Trinajstić information content (AvgIpc) is 2.62. The zero-order chi connectivity index (χ0) is 11.5. The summed E-state index contributed by atoms with van der Waals surface area (Å²) in [6, 6.07) is 6.86. The van der Waals surface area contributed by atoms with Crippen molar-refractivity contribution in [2.24, 2.45) is 0 Å². The largest absolute Gasteiger partial charge is 0.329 e. The van der Waals surface area contributed by atoms with E-state index in [2.05, 4.69) is 11.2 Å². The van der Waals surface area contributed by atoms with E-state index in [0.717, 1.165) is 11.1 Å². The maximum Gasteiger partial charge on any atom is 0.324 e. The van der Waals surface area contributed by atoms with Gasteiger partial charge in [-0.2, -0.15) is 0 Å². The molecule has 1 aliphatic heterocycles. The molecule has 0 aromatic heterocycles. The first-order valence-corrected chi connectivity index (χ1v) is 4.84. The maximum atomic E-state index is 11.3. The Kier molecular flexibility index (Phi) is 2.61. The van der Waals surface area contributed by atoms with E-state index in [9.17, 15) is 9.59 Å². The fourth-order valence-electron chi connectivity index (χ4n) is 1.50. The van der Waals surface area contributed by atoms with E-state index in [4.69, 9.17) is 6.42 Å². The molecule has 1 N–H and O–H groups in total. The van der Waals surface area contributed by atoms with Crippen molar-refractivity contribution in [1.29, 1.82) is 0 Å². The molecule has 80 valence electrons. The number of carbonyl (C=O) groups excluding carboxylic acids is 2. The number of amides is 3. The highest BCUT2D eigenvalue weighted by Gasteiger charge is 2.28. The van der Waals surface area contributed by atoms with Gasteiger partial charge in [0.05, 0.1) is 13.1 Å². The Morgan fingerprint density at radius 2 is 2.00 bits per heavy atom. The Balaban J connectivity index is 2.12. The zero-order valence-electron chi connectivity index (χ0n) is 8.56. The SMILES string of the molecule is C#Cc1ccc(CN2C(=O)CNC2=O)cc1. The van der Waals surface area contributed by atoms with Gasteiger partial charge in [0.25, 0.3) is 0 Å². The second-order valence-electron chi connectivity index (χ2n) is 3.48. The van der Waals surface area contributed by atoms with E-state index in [1.54, 1.807) is 12.1 Å². The van der Waals surface area contributed by atoms with Crippen molar-refractivity contribution >= 4 is 11.9 Å². The predicted octanol–water partition coefficient (Wildman–Crippen LogP) is 0.720. The van der Waals surface area contributed by atoms with E-state index in [0.29, 0.717) is 0 Å². The van der Waals surface area contributed by atoms with E-state index in [1.807, 2.05) is 12.1 Å². The first-order chi connectivity index (χ1) is 7.70. The molecule has 3 amide bonds. The van der Waals surface area contributed by atoms with Crippen LogP contribution in [0, 0.1) is 12.3 Å². The zero-order valence-corrected chi connectivity index (χ0v) is 8.56. The van der Waals surface area contributed by atoms with Gasteiger partial charge in [-0.3, -0.25) is 9.69 Å². The van der Waals surface area contributed by atoms with Gasteiger partial charge in [0.15, 0.2) is 0 Å². The molecule has 2 rings (SSSR count). The standard InChI is InChI=1S/C12H10N2O2/c1-2-9-3-5-10(6-4-9)8-14-11(15)7-13-12(14)16/h1,3-6H,7-8H2,(H,13,16). The van der Waals surface area contributed by atoms with Crippen molar-refractivity contribution in [3.05, 3.63) is 35.4 Å². The Bertz CT molecular complexity index is 455. The van der Waals surface area contributed by atoms with Gasteiger partial charge in [0, 0.05) is 5.56 Å². The van der Waals surface area contributed by atoms with Gasteiger partial charge in [0.1, 0.15) is 0 Å². The number of terminal acetylenes is 1. The summed E-state index contributed by atoms with van der Waals surface area (Å²) in [7, 11) is 0. The summed E-state index contributed by atoms with van der Waals surface area (Å²) in [6.07, 6.45) is 5.23. The number of nitrogens with one attached hydrogen (secondary N) is 1. The molecule has 0 atom stereocenters. The quantitative estimate of drug-likeness (QED) is 0.582. The molecule has 0 radical (unpaired) electrons. The number of hydrogen-bond acceptors (Lipinski definition) is 2. The van der Waals surface area contributed by atoms with Gasteiger partial charge in [-0.25, -0.2) is 4.79 Å².